The monoisotopic (exact) mass is 1250 g/mol. The maximum atomic E-state index is 10.5. The van der Waals surface area contributed by atoms with Gasteiger partial charge in [-0.05, 0) is 193 Å². The highest BCUT2D eigenvalue weighted by molar-refractivity contribution is 6.13. The minimum Gasteiger partial charge on any atom is -0.309 e. The van der Waals surface area contributed by atoms with Crippen molar-refractivity contribution in [3.63, 3.8) is 0 Å². The average Bonchev–Trinajstić information content (AvgIpc) is 1.56. The Morgan fingerprint density at radius 1 is 0.204 bits per heavy atom. The van der Waals surface area contributed by atoms with Crippen LogP contribution in [0.5, 0.6) is 0 Å². The molecule has 0 bridgehead atoms. The first-order valence-corrected chi connectivity index (χ1v) is 32.5. The highest BCUT2D eigenvalue weighted by atomic mass is 15.0. The third-order valence-electron chi connectivity index (χ3n) is 18.7. The molecule has 17 aromatic rings. The summed E-state index contributed by atoms with van der Waals surface area (Å²) in [6.07, 6.45) is 0. The second-order valence-electron chi connectivity index (χ2n) is 24.5. The van der Waals surface area contributed by atoms with Crippen LogP contribution in [0.2, 0.25) is 0 Å². The summed E-state index contributed by atoms with van der Waals surface area (Å²) in [6, 6.07) is 120. The summed E-state index contributed by atoms with van der Waals surface area (Å²) >= 11 is 0. The number of hydrogen-bond donors (Lipinski definition) is 0. The lowest BCUT2D eigenvalue weighted by atomic mass is 9.95. The van der Waals surface area contributed by atoms with Gasteiger partial charge in [0.25, 0.3) is 0 Å². The van der Waals surface area contributed by atoms with Crippen molar-refractivity contribution >= 4 is 43.6 Å². The largest absolute Gasteiger partial charge is 0.309 e. The Morgan fingerprint density at radius 3 is 0.888 bits per heavy atom. The second kappa shape index (κ2) is 24.6. The quantitative estimate of drug-likeness (QED) is 0.120. The number of hydrogen-bond acceptors (Lipinski definition) is 6. The van der Waals surface area contributed by atoms with E-state index in [1.165, 1.54) is 0 Å². The van der Waals surface area contributed by atoms with Gasteiger partial charge in [-0.3, -0.25) is 0 Å². The Hall–Kier alpha value is -13.8. The van der Waals surface area contributed by atoms with Crippen LogP contribution in [0.1, 0.15) is 16.7 Å². The van der Waals surface area contributed by atoms with Gasteiger partial charge >= 0.3 is 0 Å². The molecule has 0 spiro atoms. The van der Waals surface area contributed by atoms with E-state index in [-0.39, 0.29) is 0 Å². The number of rotatable bonds is 12. The van der Waals surface area contributed by atoms with Crippen LogP contribution in [0.25, 0.3) is 167 Å². The maximum Gasteiger partial charge on any atom is 0.164 e. The van der Waals surface area contributed by atoms with E-state index in [2.05, 4.69) is 246 Å². The predicted molar refractivity (Wildman–Crippen MR) is 397 cm³/mol. The summed E-state index contributed by atoms with van der Waals surface area (Å²) in [5.74, 6) is 1.21. The summed E-state index contributed by atoms with van der Waals surface area (Å²) < 4.78 is 4.66. The molecule has 8 heteroatoms. The number of nitrogens with zero attached hydrogens (tertiary/aromatic N) is 8. The summed E-state index contributed by atoms with van der Waals surface area (Å²) in [5.41, 5.74) is 23.6. The molecule has 0 aliphatic heterocycles. The molecule has 98 heavy (non-hydrogen) atoms. The molecular formula is C90H54N8. The Labute approximate surface area is 566 Å². The van der Waals surface area contributed by atoms with Gasteiger partial charge in [0.05, 0.1) is 57.0 Å². The van der Waals surface area contributed by atoms with Gasteiger partial charge in [0.15, 0.2) is 17.5 Å². The molecule has 0 atom stereocenters. The van der Waals surface area contributed by atoms with Crippen molar-refractivity contribution in [1.82, 2.24) is 24.1 Å². The van der Waals surface area contributed by atoms with Gasteiger partial charge in [-0.1, -0.05) is 212 Å². The molecule has 14 aromatic carbocycles. The molecule has 454 valence electrons. The highest BCUT2D eigenvalue weighted by Gasteiger charge is 2.24. The van der Waals surface area contributed by atoms with Crippen molar-refractivity contribution in [2.24, 2.45) is 0 Å². The van der Waals surface area contributed by atoms with E-state index >= 15 is 0 Å². The molecule has 0 N–H and O–H groups in total. The number of benzene rings is 14. The molecule has 0 aliphatic rings. The van der Waals surface area contributed by atoms with E-state index in [1.807, 2.05) is 109 Å². The molecule has 0 saturated heterocycles. The van der Waals surface area contributed by atoms with Crippen LogP contribution in [0.4, 0.5) is 0 Å². The van der Waals surface area contributed by atoms with Crippen molar-refractivity contribution in [3.05, 3.63) is 344 Å². The Kier molecular flexibility index (Phi) is 14.5. The van der Waals surface area contributed by atoms with Gasteiger partial charge < -0.3 is 9.13 Å². The fourth-order valence-electron chi connectivity index (χ4n) is 13.9. The first kappa shape index (κ1) is 58.0. The van der Waals surface area contributed by atoms with Crippen LogP contribution in [-0.2, 0) is 0 Å². The molecule has 0 aliphatic carbocycles. The fourth-order valence-corrected chi connectivity index (χ4v) is 13.9. The van der Waals surface area contributed by atoms with Gasteiger partial charge in [-0.25, -0.2) is 15.0 Å². The standard InChI is InChI=1S/C90H54N8/c91-55-58-30-32-65(33-31-58)66-26-15-29-73(48-66)88-94-89(82-53-74(38-40-76(82)71-27-13-16-59(46-71)56-92)97-84-42-34-67(61-18-5-1-6-19-61)49-78(84)79-50-68(35-43-85(79)97)62-20-7-2-8-21-62)96-90(95-88)83-54-75(39-41-77(83)72-28-14-17-60(47-72)57-93)98-86-44-36-69(63-22-9-3-10-23-63)51-80(86)81-52-70(37-45-87(81)98)64-24-11-4-12-25-64/h1-54H. The van der Waals surface area contributed by atoms with Crippen molar-refractivity contribution in [1.29, 1.82) is 15.8 Å². The number of fused-ring (bicyclic) bond motifs is 6. The molecule has 17 rings (SSSR count). The lowest BCUT2D eigenvalue weighted by Crippen LogP contribution is -2.04. The Bertz CT molecular complexity index is 5610. The van der Waals surface area contributed by atoms with E-state index in [9.17, 15) is 15.8 Å². The van der Waals surface area contributed by atoms with Crippen LogP contribution >= 0.6 is 0 Å². The molecule has 3 aromatic heterocycles. The summed E-state index contributed by atoms with van der Waals surface area (Å²) in [7, 11) is 0. The maximum absolute atomic E-state index is 10.5. The summed E-state index contributed by atoms with van der Waals surface area (Å²) in [4.78, 5) is 16.9. The van der Waals surface area contributed by atoms with Gasteiger partial charge in [0, 0.05) is 49.6 Å². The van der Waals surface area contributed by atoms with Crippen molar-refractivity contribution < 1.29 is 0 Å². The van der Waals surface area contributed by atoms with Gasteiger partial charge in [-0.15, -0.1) is 0 Å². The van der Waals surface area contributed by atoms with Crippen LogP contribution < -0.4 is 0 Å². The first-order chi connectivity index (χ1) is 48.4. The zero-order valence-corrected chi connectivity index (χ0v) is 52.8. The topological polar surface area (TPSA) is 120 Å². The minimum atomic E-state index is 0.396. The van der Waals surface area contributed by atoms with Gasteiger partial charge in [0.1, 0.15) is 0 Å². The van der Waals surface area contributed by atoms with E-state index in [1.54, 1.807) is 0 Å². The van der Waals surface area contributed by atoms with Crippen LogP contribution in [0.3, 0.4) is 0 Å². The Balaban J connectivity index is 0.937. The van der Waals surface area contributed by atoms with Crippen LogP contribution in [0, 0.1) is 34.0 Å². The summed E-state index contributed by atoms with van der Waals surface area (Å²) in [5, 5.41) is 35.1. The second-order valence-corrected chi connectivity index (χ2v) is 24.5. The highest BCUT2D eigenvalue weighted by Crippen LogP contribution is 2.44. The molecule has 0 fully saturated rings. The predicted octanol–water partition coefficient (Wildman–Crippen LogP) is 22.4. The molecule has 3 heterocycles. The van der Waals surface area contributed by atoms with E-state index in [4.69, 9.17) is 15.0 Å². The average molecular weight is 1250 g/mol. The number of nitriles is 3. The third kappa shape index (κ3) is 10.6. The lowest BCUT2D eigenvalue weighted by molar-refractivity contribution is 1.07. The Morgan fingerprint density at radius 2 is 0.510 bits per heavy atom. The van der Waals surface area contributed by atoms with Crippen molar-refractivity contribution in [2.75, 3.05) is 0 Å². The molecule has 0 amide bonds. The van der Waals surface area contributed by atoms with Gasteiger partial charge in [0.2, 0.25) is 0 Å². The van der Waals surface area contributed by atoms with Crippen molar-refractivity contribution in [2.45, 2.75) is 0 Å². The van der Waals surface area contributed by atoms with E-state index in [0.717, 1.165) is 138 Å². The van der Waals surface area contributed by atoms with Gasteiger partial charge in [-0.2, -0.15) is 15.8 Å². The van der Waals surface area contributed by atoms with Crippen molar-refractivity contribution in [3.8, 4) is 142 Å². The molecule has 0 saturated carbocycles. The number of aromatic nitrogens is 5. The molecule has 0 unspecified atom stereocenters. The van der Waals surface area contributed by atoms with Crippen LogP contribution in [-0.4, -0.2) is 24.1 Å². The third-order valence-corrected chi connectivity index (χ3v) is 18.7. The summed E-state index contributed by atoms with van der Waals surface area (Å²) in [6.45, 7) is 0. The van der Waals surface area contributed by atoms with Crippen LogP contribution in [0.15, 0.2) is 328 Å². The fraction of sp³-hybridized carbons (Fsp3) is 0. The zero-order chi connectivity index (χ0) is 65.6. The first-order valence-electron chi connectivity index (χ1n) is 32.5. The lowest BCUT2D eigenvalue weighted by Gasteiger charge is -2.18. The molecule has 8 nitrogen and oxygen atoms in total. The minimum absolute atomic E-state index is 0.396. The van der Waals surface area contributed by atoms with E-state index < -0.39 is 0 Å². The molecule has 0 radical (unpaired) electrons. The van der Waals surface area contributed by atoms with E-state index in [0.29, 0.717) is 45.3 Å². The SMILES string of the molecule is N#Cc1ccc(-c2cccc(-c3nc(-c4cc(-n5c6ccc(-c7ccccc7)cc6c6cc(-c7ccccc7)ccc65)ccc4-c4cccc(C#N)c4)nc(-c4cc(-n5c6ccc(-c7ccccc7)cc6c6cc(-c7ccccc7)ccc65)ccc4-c4cccc(C#N)c4)n3)c2)cc1. The smallest absolute Gasteiger partial charge is 0.164 e. The molecular weight excluding hydrogens is 1190 g/mol. The zero-order valence-electron chi connectivity index (χ0n) is 52.8. The normalized spacial score (nSPS) is 11.2.